The Balaban J connectivity index is 1.98. The highest BCUT2D eigenvalue weighted by atomic mass is 32.2. The fourth-order valence-corrected chi connectivity index (χ4v) is 2.19. The predicted molar refractivity (Wildman–Crippen MR) is 66.0 cm³/mol. The number of rotatable bonds is 4. The third-order valence-electron chi connectivity index (χ3n) is 2.06. The molecule has 0 aliphatic rings. The fraction of sp³-hybridized carbons (Fsp3) is 0.200. The molecule has 1 unspecified atom stereocenters. The number of hydrogen-bond acceptors (Lipinski definition) is 5. The van der Waals surface area contributed by atoms with Crippen molar-refractivity contribution in [1.29, 1.82) is 0 Å². The largest absolute Gasteiger partial charge is 0.356 e. The second-order valence-corrected chi connectivity index (χ2v) is 5.41. The molecule has 1 heterocycles. The van der Waals surface area contributed by atoms with Crippen LogP contribution in [0.15, 0.2) is 34.7 Å². The van der Waals surface area contributed by atoms with Gasteiger partial charge in [0.1, 0.15) is 5.51 Å². The van der Waals surface area contributed by atoms with Gasteiger partial charge in [0, 0.05) is 28.5 Å². The van der Waals surface area contributed by atoms with Gasteiger partial charge in [-0.3, -0.25) is 4.21 Å². The second-order valence-electron chi connectivity index (χ2n) is 3.20. The van der Waals surface area contributed by atoms with Crippen LogP contribution in [0.1, 0.15) is 5.56 Å². The van der Waals surface area contributed by atoms with E-state index in [4.69, 9.17) is 0 Å². The number of anilines is 1. The highest BCUT2D eigenvalue weighted by Gasteiger charge is 1.99. The van der Waals surface area contributed by atoms with E-state index < -0.39 is 10.8 Å². The van der Waals surface area contributed by atoms with Gasteiger partial charge in [-0.25, -0.2) is 0 Å². The maximum absolute atomic E-state index is 11.2. The van der Waals surface area contributed by atoms with Crippen molar-refractivity contribution in [2.24, 2.45) is 0 Å². The zero-order valence-corrected chi connectivity index (χ0v) is 10.3. The topological polar surface area (TPSA) is 54.9 Å². The quantitative estimate of drug-likeness (QED) is 0.904. The summed E-state index contributed by atoms with van der Waals surface area (Å²) >= 11 is 1.47. The second kappa shape index (κ2) is 5.18. The number of nitrogens with one attached hydrogen (secondary N) is 1. The Kier molecular flexibility index (Phi) is 3.63. The molecule has 0 saturated carbocycles. The van der Waals surface area contributed by atoms with Crippen LogP contribution < -0.4 is 5.32 Å². The van der Waals surface area contributed by atoms with E-state index in [2.05, 4.69) is 15.5 Å². The lowest BCUT2D eigenvalue weighted by Crippen LogP contribution is -1.99. The number of benzene rings is 1. The highest BCUT2D eigenvalue weighted by molar-refractivity contribution is 7.84. The molecule has 0 aliphatic heterocycles. The van der Waals surface area contributed by atoms with Crippen molar-refractivity contribution >= 4 is 27.3 Å². The first kappa shape index (κ1) is 11.2. The van der Waals surface area contributed by atoms with Gasteiger partial charge in [-0.2, -0.15) is 0 Å². The van der Waals surface area contributed by atoms with Crippen molar-refractivity contribution in [2.45, 2.75) is 11.4 Å². The van der Waals surface area contributed by atoms with Crippen LogP contribution in [0.3, 0.4) is 0 Å². The number of hydrogen-bond donors (Lipinski definition) is 1. The Labute approximate surface area is 100 Å². The lowest BCUT2D eigenvalue weighted by atomic mass is 10.2. The van der Waals surface area contributed by atoms with Gasteiger partial charge < -0.3 is 5.32 Å². The molecule has 0 spiro atoms. The summed E-state index contributed by atoms with van der Waals surface area (Å²) in [4.78, 5) is 0.847. The zero-order chi connectivity index (χ0) is 11.4. The molecular weight excluding hydrogens is 242 g/mol. The first-order chi connectivity index (χ1) is 7.75. The summed E-state index contributed by atoms with van der Waals surface area (Å²) in [6.07, 6.45) is 1.68. The van der Waals surface area contributed by atoms with Crippen molar-refractivity contribution in [3.8, 4) is 0 Å². The van der Waals surface area contributed by atoms with E-state index in [0.717, 1.165) is 15.6 Å². The molecule has 6 heteroatoms. The molecule has 2 rings (SSSR count). The standard InChI is InChI=1S/C10H11N3OS2/c1-16(14)9-4-2-8(3-5-9)6-11-10-13-12-7-15-10/h2-5,7H,6H2,1H3,(H,11,13). The molecule has 4 nitrogen and oxygen atoms in total. The number of nitrogens with zero attached hydrogens (tertiary/aromatic N) is 2. The third kappa shape index (κ3) is 2.86. The summed E-state index contributed by atoms with van der Waals surface area (Å²) in [6.45, 7) is 0.700. The fourth-order valence-electron chi connectivity index (χ4n) is 1.23. The van der Waals surface area contributed by atoms with Crippen molar-refractivity contribution in [3.05, 3.63) is 35.3 Å². The Hall–Kier alpha value is -1.27. The minimum Gasteiger partial charge on any atom is -0.356 e. The Morgan fingerprint density at radius 1 is 1.38 bits per heavy atom. The smallest absolute Gasteiger partial charge is 0.205 e. The molecular formula is C10H11N3OS2. The molecule has 1 atom stereocenters. The highest BCUT2D eigenvalue weighted by Crippen LogP contribution is 2.12. The Bertz CT molecular complexity index is 467. The van der Waals surface area contributed by atoms with Gasteiger partial charge in [0.05, 0.1) is 0 Å². The van der Waals surface area contributed by atoms with Crippen LogP contribution in [0.2, 0.25) is 0 Å². The van der Waals surface area contributed by atoms with E-state index in [1.165, 1.54) is 11.3 Å². The average molecular weight is 253 g/mol. The molecule has 1 aromatic heterocycles. The molecule has 0 aliphatic carbocycles. The van der Waals surface area contributed by atoms with Crippen LogP contribution >= 0.6 is 11.3 Å². The van der Waals surface area contributed by atoms with E-state index in [-0.39, 0.29) is 0 Å². The van der Waals surface area contributed by atoms with E-state index >= 15 is 0 Å². The van der Waals surface area contributed by atoms with E-state index in [1.807, 2.05) is 24.3 Å². The summed E-state index contributed by atoms with van der Waals surface area (Å²) in [7, 11) is -0.911. The van der Waals surface area contributed by atoms with Crippen LogP contribution in [0.25, 0.3) is 0 Å². The van der Waals surface area contributed by atoms with Crippen LogP contribution in [-0.4, -0.2) is 20.7 Å². The summed E-state index contributed by atoms with van der Waals surface area (Å²) in [5, 5.41) is 11.6. The summed E-state index contributed by atoms with van der Waals surface area (Å²) < 4.78 is 11.2. The predicted octanol–water partition coefficient (Wildman–Crippen LogP) is 1.89. The molecule has 1 aromatic carbocycles. The minimum atomic E-state index is -0.911. The summed E-state index contributed by atoms with van der Waals surface area (Å²) in [6, 6.07) is 7.69. The van der Waals surface area contributed by atoms with Crippen molar-refractivity contribution in [1.82, 2.24) is 10.2 Å². The monoisotopic (exact) mass is 253 g/mol. The van der Waals surface area contributed by atoms with Crippen LogP contribution in [0, 0.1) is 0 Å². The van der Waals surface area contributed by atoms with Gasteiger partial charge in [-0.1, -0.05) is 23.5 Å². The van der Waals surface area contributed by atoms with E-state index in [1.54, 1.807) is 11.8 Å². The average Bonchev–Trinajstić information content (AvgIpc) is 2.80. The van der Waals surface area contributed by atoms with Crippen molar-refractivity contribution < 1.29 is 4.21 Å². The van der Waals surface area contributed by atoms with Crippen molar-refractivity contribution in [3.63, 3.8) is 0 Å². The molecule has 1 N–H and O–H groups in total. The van der Waals surface area contributed by atoms with Gasteiger partial charge in [-0.05, 0) is 17.7 Å². The summed E-state index contributed by atoms with van der Waals surface area (Å²) in [5.74, 6) is 0. The number of aromatic nitrogens is 2. The van der Waals surface area contributed by atoms with E-state index in [0.29, 0.717) is 6.54 Å². The Morgan fingerprint density at radius 3 is 2.69 bits per heavy atom. The minimum absolute atomic E-state index is 0.700. The molecule has 84 valence electrons. The van der Waals surface area contributed by atoms with Crippen LogP contribution in [0.5, 0.6) is 0 Å². The van der Waals surface area contributed by atoms with Gasteiger partial charge >= 0.3 is 0 Å². The molecule has 0 saturated heterocycles. The zero-order valence-electron chi connectivity index (χ0n) is 8.71. The van der Waals surface area contributed by atoms with Gasteiger partial charge in [0.25, 0.3) is 0 Å². The molecule has 0 fully saturated rings. The van der Waals surface area contributed by atoms with Crippen LogP contribution in [0.4, 0.5) is 5.13 Å². The van der Waals surface area contributed by atoms with Crippen molar-refractivity contribution in [2.75, 3.05) is 11.6 Å². The summed E-state index contributed by atoms with van der Waals surface area (Å²) in [5.41, 5.74) is 2.82. The Morgan fingerprint density at radius 2 is 2.12 bits per heavy atom. The molecule has 2 aromatic rings. The molecule has 0 amide bonds. The van der Waals surface area contributed by atoms with Gasteiger partial charge in [0.2, 0.25) is 5.13 Å². The first-order valence-corrected chi connectivity index (χ1v) is 7.12. The molecule has 0 radical (unpaired) electrons. The SMILES string of the molecule is CS(=O)c1ccc(CNc2nncs2)cc1. The normalized spacial score (nSPS) is 12.3. The maximum atomic E-state index is 11.2. The molecule has 16 heavy (non-hydrogen) atoms. The third-order valence-corrected chi connectivity index (χ3v) is 3.64. The lowest BCUT2D eigenvalue weighted by Gasteiger charge is -2.03. The van der Waals surface area contributed by atoms with Gasteiger partial charge in [-0.15, -0.1) is 10.2 Å². The lowest BCUT2D eigenvalue weighted by molar-refractivity contribution is 0.687. The van der Waals surface area contributed by atoms with Crippen LogP contribution in [-0.2, 0) is 17.3 Å². The maximum Gasteiger partial charge on any atom is 0.205 e. The van der Waals surface area contributed by atoms with E-state index in [9.17, 15) is 4.21 Å². The molecule has 0 bridgehead atoms. The first-order valence-electron chi connectivity index (χ1n) is 4.68. The van der Waals surface area contributed by atoms with Gasteiger partial charge in [0.15, 0.2) is 0 Å².